The van der Waals surface area contributed by atoms with Crippen molar-refractivity contribution in [2.45, 2.75) is 102 Å². The first-order valence-electron chi connectivity index (χ1n) is 42.3. The molecule has 14 aromatic rings. The molecular formula is C109H112FO17P7. The molecule has 25 heteroatoms. The number of carbonyl (C=O) groups is 7. The molecule has 134 heavy (non-hydrogen) atoms. The van der Waals surface area contributed by atoms with Gasteiger partial charge in [-0.2, -0.15) is 0 Å². The van der Waals surface area contributed by atoms with Gasteiger partial charge in [-0.3, -0.25) is 33.6 Å². The molecule has 0 heterocycles. The van der Waals surface area contributed by atoms with Crippen LogP contribution in [0.5, 0.6) is 57.5 Å². The zero-order valence-electron chi connectivity index (χ0n) is 77.7. The minimum Gasteiger partial charge on any atom is -0.507 e. The number of ether oxygens (including phenoxy) is 3. The topological polar surface area (TPSA) is 289 Å². The Morgan fingerprint density at radius 3 is 1.07 bits per heavy atom. The average Bonchev–Trinajstić information content (AvgIpc) is 0.796. The summed E-state index contributed by atoms with van der Waals surface area (Å²) < 4.78 is 28.5. The van der Waals surface area contributed by atoms with Crippen molar-refractivity contribution in [2.75, 3.05) is 21.3 Å². The van der Waals surface area contributed by atoms with E-state index in [4.69, 9.17) is 14.2 Å². The predicted molar refractivity (Wildman–Crippen MR) is 562 cm³/mol. The van der Waals surface area contributed by atoms with Gasteiger partial charge < -0.3 is 50.0 Å². The van der Waals surface area contributed by atoms with Crippen molar-refractivity contribution in [3.05, 3.63) is 357 Å². The highest BCUT2D eigenvalue weighted by atomic mass is 31.1. The number of Topliss-reactive ketones (excluding diaryl/α,β-unsaturated/α-hetero) is 5. The van der Waals surface area contributed by atoms with E-state index >= 15 is 0 Å². The lowest BCUT2D eigenvalue weighted by Gasteiger charge is -2.23. The first kappa shape index (κ1) is 107. The molecule has 14 rings (SSSR count). The van der Waals surface area contributed by atoms with E-state index in [0.717, 1.165) is 137 Å². The summed E-state index contributed by atoms with van der Waals surface area (Å²) in [5, 5.41) is 82.6. The van der Waals surface area contributed by atoms with Crippen molar-refractivity contribution >= 4 is 176 Å². The van der Waals surface area contributed by atoms with E-state index in [1.807, 2.05) is 248 Å². The Balaban J connectivity index is 0.000000193. The highest BCUT2D eigenvalue weighted by Gasteiger charge is 2.24. The summed E-state index contributed by atoms with van der Waals surface area (Å²) in [4.78, 5) is 80.1. The number of phenolic OH excluding ortho intramolecular Hbond substituents is 7. The van der Waals surface area contributed by atoms with Crippen molar-refractivity contribution in [1.29, 1.82) is 0 Å². The maximum absolute atomic E-state index is 13.1. The van der Waals surface area contributed by atoms with Gasteiger partial charge in [0.25, 0.3) is 0 Å². The van der Waals surface area contributed by atoms with Gasteiger partial charge in [0.1, 0.15) is 51.8 Å². The Morgan fingerprint density at radius 2 is 0.619 bits per heavy atom. The van der Waals surface area contributed by atoms with Crippen LogP contribution in [0.2, 0.25) is 0 Å². The van der Waals surface area contributed by atoms with Gasteiger partial charge in [-0.1, -0.05) is 286 Å². The fourth-order valence-corrected chi connectivity index (χ4v) is 22.7. The van der Waals surface area contributed by atoms with E-state index in [9.17, 15) is 73.7 Å². The van der Waals surface area contributed by atoms with Gasteiger partial charge in [-0.15, -0.1) is 0 Å². The van der Waals surface area contributed by atoms with Crippen LogP contribution in [0.15, 0.2) is 273 Å². The quantitative estimate of drug-likeness (QED) is 0.0168. The lowest BCUT2D eigenvalue weighted by molar-refractivity contribution is 0.101. The second-order valence-electron chi connectivity index (χ2n) is 32.0. The largest absolute Gasteiger partial charge is 0.507 e. The van der Waals surface area contributed by atoms with Gasteiger partial charge >= 0.3 is 0 Å². The molecule has 0 bridgehead atoms. The van der Waals surface area contributed by atoms with E-state index in [0.29, 0.717) is 76.9 Å². The number of carbonyl (C=O) groups excluding carboxylic acids is 7. The molecule has 692 valence electrons. The monoisotopic (exact) mass is 1930 g/mol. The number of aromatic hydroxyl groups is 7. The second kappa shape index (κ2) is 51.8. The Labute approximate surface area is 796 Å². The zero-order valence-corrected chi connectivity index (χ0v) is 84.7. The molecule has 0 radical (unpaired) electrons. The highest BCUT2D eigenvalue weighted by molar-refractivity contribution is 7.58. The Hall–Kier alpha value is -12.3. The predicted octanol–water partition coefficient (Wildman–Crippen LogP) is 18.1. The van der Waals surface area contributed by atoms with Crippen molar-refractivity contribution in [1.82, 2.24) is 0 Å². The molecule has 7 N–H and O–H groups in total. The maximum atomic E-state index is 13.1. The van der Waals surface area contributed by atoms with Gasteiger partial charge in [0.05, 0.1) is 21.3 Å². The molecular weight excluding hydrogens is 1820 g/mol. The Morgan fingerprint density at radius 1 is 0.284 bits per heavy atom. The normalized spacial score (nSPS) is 11.1. The molecule has 17 nitrogen and oxygen atoms in total. The number of rotatable bonds is 24. The highest BCUT2D eigenvalue weighted by Crippen LogP contribution is 2.37. The summed E-state index contributed by atoms with van der Waals surface area (Å²) in [6.07, 6.45) is 1.45. The number of benzene rings is 14. The number of aryl methyl sites for hydroxylation is 6. The van der Waals surface area contributed by atoms with E-state index in [-0.39, 0.29) is 103 Å². The summed E-state index contributed by atoms with van der Waals surface area (Å²) in [7, 11) is 6.16. The molecule has 0 aromatic heterocycles. The lowest BCUT2D eigenvalue weighted by atomic mass is 9.85. The fourth-order valence-electron chi connectivity index (χ4n) is 13.4. The lowest BCUT2D eigenvalue weighted by Crippen LogP contribution is -2.17. The summed E-state index contributed by atoms with van der Waals surface area (Å²) in [6.45, 7) is 25.9. The maximum Gasteiger partial charge on any atom is 0.165 e. The summed E-state index contributed by atoms with van der Waals surface area (Å²) in [5.74, 6) is 3.13. The number of halogens is 1. The number of hydrogen-bond donors (Lipinski definition) is 7. The van der Waals surface area contributed by atoms with Gasteiger partial charge in [-0.05, 0) is 214 Å². The fraction of sp³-hybridized carbons (Fsp3) is 0.165. The second-order valence-corrected chi connectivity index (χ2v) is 41.3. The molecule has 14 aromatic carbocycles. The minimum absolute atomic E-state index is 0.0159. The molecule has 0 aliphatic heterocycles. The van der Waals surface area contributed by atoms with Gasteiger partial charge in [-0.25, -0.2) is 4.39 Å². The van der Waals surface area contributed by atoms with Crippen molar-refractivity contribution in [3.8, 4) is 57.5 Å². The third-order valence-corrected chi connectivity index (χ3v) is 30.0. The molecule has 0 fully saturated rings. The minimum atomic E-state index is -0.474. The molecule has 0 saturated heterocycles. The first-order chi connectivity index (χ1) is 63.8. The zero-order chi connectivity index (χ0) is 98.2. The number of phenols is 7. The van der Waals surface area contributed by atoms with Crippen LogP contribution < -0.4 is 88.5 Å². The van der Waals surface area contributed by atoms with Crippen molar-refractivity contribution in [3.63, 3.8) is 0 Å². The van der Waals surface area contributed by atoms with E-state index in [1.165, 1.54) is 32.4 Å². The molecule has 0 aliphatic rings. The van der Waals surface area contributed by atoms with Gasteiger partial charge in [0.15, 0.2) is 53.0 Å². The summed E-state index contributed by atoms with van der Waals surface area (Å²) in [6, 6.07) is 82.4. The number of ketones is 5. The third-order valence-electron chi connectivity index (χ3n) is 20.4. The summed E-state index contributed by atoms with van der Waals surface area (Å²) >= 11 is 0. The number of para-hydroxylation sites is 2. The smallest absolute Gasteiger partial charge is 0.165 e. The first-order valence-corrected chi connectivity index (χ1v) is 49.3. The van der Waals surface area contributed by atoms with Gasteiger partial charge in [0.2, 0.25) is 0 Å². The van der Waals surface area contributed by atoms with Crippen LogP contribution in [0.25, 0.3) is 0 Å². The number of aldehydes is 2. The Bertz CT molecular complexity index is 6490. The van der Waals surface area contributed by atoms with Crippen LogP contribution in [-0.2, 0) is 5.41 Å². The van der Waals surface area contributed by atoms with Gasteiger partial charge in [0, 0.05) is 87.7 Å². The van der Waals surface area contributed by atoms with E-state index < -0.39 is 5.82 Å². The molecule has 0 amide bonds. The Kier molecular flexibility index (Phi) is 41.4. The van der Waals surface area contributed by atoms with Crippen molar-refractivity contribution in [2.24, 2.45) is 0 Å². The number of hydrogen-bond acceptors (Lipinski definition) is 17. The summed E-state index contributed by atoms with van der Waals surface area (Å²) in [5.41, 5.74) is 11.6. The molecule has 0 spiro atoms. The molecule has 0 saturated carbocycles. The van der Waals surface area contributed by atoms with Crippen LogP contribution in [-0.4, -0.2) is 98.6 Å². The molecule has 7 atom stereocenters. The van der Waals surface area contributed by atoms with Crippen LogP contribution in [0.3, 0.4) is 0 Å². The number of methoxy groups -OCH3 is 3. The van der Waals surface area contributed by atoms with Crippen LogP contribution in [0.1, 0.15) is 167 Å². The van der Waals surface area contributed by atoms with E-state index in [2.05, 4.69) is 20.8 Å². The third kappa shape index (κ3) is 31.4. The standard InChI is InChI=1S/C19H23O2P.C16H17O2P.C15H14FO4P.C15H15O3P.2C15H15O2P.C14H13O2P/c1-12-10-15(19(3,4)5)18(21)17(11-12)22-16-9-7-6-8-14(16)13(2)20;1-10-8-11(2)16(18)15(9-10)19-14-7-5-4-6-13(14)12(3)17;1-19-11-6-12(20-2)15(18)14(7-11)21-13-4-3-10(16)5-9(13)8-17;1-10-3-6-14(11(7-10)9-16)19-15-8-12(18-2)4-5-13(15)17;1-10-6-5-9-14(15(10)17)18-13-8-4-3-7-12(13)11(2)16;1-10-7-8-13(17)15(9-10)18-14-6-4-3-5-12(14)11(2)16;1-10(15)11-6-2-4-8-13(11)17-14-9-5-3-7-12(14)16/h6-11,21-22H,1-5H3;4-9,18-19H,1-3H3;3-8,18,21H,1-2H3;3-9,17,19H,1-2H3;2*3-9,17-18H,1-2H3;2-9,16-17H,1H3. The van der Waals surface area contributed by atoms with Crippen molar-refractivity contribution < 1.29 is 87.9 Å². The average molecular weight is 1930 g/mol. The molecule has 0 aliphatic carbocycles. The van der Waals surface area contributed by atoms with Crippen LogP contribution in [0.4, 0.5) is 4.39 Å². The van der Waals surface area contributed by atoms with E-state index in [1.54, 1.807) is 90.3 Å². The molecule has 7 unspecified atom stereocenters. The SMILES string of the molecule is CC(=O)c1ccccc1Pc1cc(C)cc(C(C)(C)C)c1O.CC(=O)c1ccccc1Pc1cc(C)cc(C)c1O.CC(=O)c1ccccc1Pc1cc(C)ccc1O.CC(=O)c1ccccc1Pc1cccc(C)c1O.CC(=O)c1ccccc1Pc1ccccc1O.COc1cc(OC)c(O)c(Pc2ccc(F)cc2C=O)c1.COc1ccc(O)c(Pc2ccc(C)cc2C=O)c1. The van der Waals surface area contributed by atoms with Crippen LogP contribution in [0, 0.1) is 47.4 Å². The van der Waals surface area contributed by atoms with Crippen LogP contribution >= 0.6 is 60.1 Å².